The largest absolute Gasteiger partial charge is 0.459 e. The van der Waals surface area contributed by atoms with Gasteiger partial charge in [0.15, 0.2) is 9.84 Å². The summed E-state index contributed by atoms with van der Waals surface area (Å²) >= 11 is 0. The molecule has 3 heterocycles. The molecule has 5 rings (SSSR count). The minimum atomic E-state index is -2.92. The zero-order valence-electron chi connectivity index (χ0n) is 17.0. The first-order valence-corrected chi connectivity index (χ1v) is 12.3. The van der Waals surface area contributed by atoms with E-state index in [-0.39, 0.29) is 17.5 Å². The van der Waals surface area contributed by atoms with Crippen molar-refractivity contribution in [3.63, 3.8) is 0 Å². The number of sulfone groups is 1. The van der Waals surface area contributed by atoms with Crippen LogP contribution in [0.4, 0.5) is 0 Å². The fraction of sp³-hybridized carbons (Fsp3) is 0.348. The number of hydrogen-bond acceptors (Lipinski definition) is 7. The Morgan fingerprint density at radius 1 is 1.06 bits per heavy atom. The zero-order valence-corrected chi connectivity index (χ0v) is 17.8. The quantitative estimate of drug-likeness (QED) is 0.560. The summed E-state index contributed by atoms with van der Waals surface area (Å²) in [5.41, 5.74) is 5.13. The number of aromatic nitrogens is 1. The van der Waals surface area contributed by atoms with Crippen molar-refractivity contribution in [3.05, 3.63) is 70.6 Å². The summed E-state index contributed by atoms with van der Waals surface area (Å²) in [7, 11) is -2.92. The van der Waals surface area contributed by atoms with Gasteiger partial charge in [0.1, 0.15) is 17.6 Å². The van der Waals surface area contributed by atoms with Crippen molar-refractivity contribution in [2.24, 2.45) is 5.18 Å². The lowest BCUT2D eigenvalue weighted by molar-refractivity contribution is 0.263. The van der Waals surface area contributed by atoms with Crippen LogP contribution in [0.5, 0.6) is 0 Å². The number of rotatable bonds is 5. The highest BCUT2D eigenvalue weighted by Crippen LogP contribution is 2.40. The van der Waals surface area contributed by atoms with Crippen LogP contribution in [0.15, 0.2) is 58.4 Å². The molecule has 1 fully saturated rings. The van der Waals surface area contributed by atoms with Crippen molar-refractivity contribution < 1.29 is 12.8 Å². The van der Waals surface area contributed by atoms with Crippen molar-refractivity contribution in [2.45, 2.75) is 25.4 Å². The molecule has 1 unspecified atom stereocenters. The molecule has 7 nitrogen and oxygen atoms in total. The number of fused-ring (bicyclic) bond motifs is 1. The van der Waals surface area contributed by atoms with E-state index in [1.165, 1.54) is 0 Å². The van der Waals surface area contributed by atoms with E-state index in [0.29, 0.717) is 19.6 Å². The number of nitrogens with zero attached hydrogens (tertiary/aromatic N) is 3. The minimum absolute atomic E-state index is 0.189. The van der Waals surface area contributed by atoms with Crippen LogP contribution in [0.3, 0.4) is 0 Å². The van der Waals surface area contributed by atoms with Gasteiger partial charge in [-0.15, -0.1) is 0 Å². The number of hydrogen-bond donors (Lipinski definition) is 0. The Bertz CT molecular complexity index is 1210. The monoisotopic (exact) mass is 437 g/mol. The first kappa shape index (κ1) is 20.1. The first-order valence-electron chi connectivity index (χ1n) is 10.4. The molecule has 0 bridgehead atoms. The molecule has 31 heavy (non-hydrogen) atoms. The summed E-state index contributed by atoms with van der Waals surface area (Å²) < 4.78 is 29.7. The van der Waals surface area contributed by atoms with Gasteiger partial charge in [-0.05, 0) is 47.7 Å². The van der Waals surface area contributed by atoms with Crippen molar-refractivity contribution in [1.29, 1.82) is 0 Å². The fourth-order valence-corrected chi connectivity index (χ4v) is 5.73. The lowest BCUT2D eigenvalue weighted by Crippen LogP contribution is -2.39. The van der Waals surface area contributed by atoms with Crippen molar-refractivity contribution >= 4 is 9.84 Å². The topological polar surface area (TPSA) is 92.8 Å². The molecule has 1 aliphatic heterocycles. The standard InChI is InChI=1S/C23H23N3O4S/c27-25-22-4-2-17-13-18(1-3-20(17)22)21-14-19(15-26-9-11-31(28,29)12-10-26)30-23(21)16-5-7-24-8-6-16/h1,3,5-8,13-14,22H,2,4,9-12,15H2. The van der Waals surface area contributed by atoms with E-state index in [1.807, 2.05) is 30.3 Å². The first-order chi connectivity index (χ1) is 15.0. The summed E-state index contributed by atoms with van der Waals surface area (Å²) in [6.45, 7) is 1.60. The van der Waals surface area contributed by atoms with Gasteiger partial charge in [0.05, 0.1) is 18.1 Å². The summed E-state index contributed by atoms with van der Waals surface area (Å²) in [5.74, 6) is 1.95. The molecule has 160 valence electrons. The van der Waals surface area contributed by atoms with Gasteiger partial charge in [-0.1, -0.05) is 23.4 Å². The van der Waals surface area contributed by atoms with E-state index >= 15 is 0 Å². The second kappa shape index (κ2) is 8.01. The second-order valence-electron chi connectivity index (χ2n) is 8.19. The van der Waals surface area contributed by atoms with E-state index in [9.17, 15) is 13.3 Å². The molecule has 1 aromatic carbocycles. The van der Waals surface area contributed by atoms with E-state index in [1.54, 1.807) is 12.4 Å². The van der Waals surface area contributed by atoms with Crippen LogP contribution < -0.4 is 0 Å². The predicted molar refractivity (Wildman–Crippen MR) is 118 cm³/mol. The van der Waals surface area contributed by atoms with Crippen LogP contribution in [0.25, 0.3) is 22.5 Å². The minimum Gasteiger partial charge on any atom is -0.459 e. The highest BCUT2D eigenvalue weighted by Gasteiger charge is 2.26. The average molecular weight is 438 g/mol. The van der Waals surface area contributed by atoms with E-state index in [0.717, 1.165) is 52.2 Å². The number of aryl methyl sites for hydroxylation is 1. The van der Waals surface area contributed by atoms with Gasteiger partial charge in [-0.25, -0.2) is 8.42 Å². The third-order valence-electron chi connectivity index (χ3n) is 6.17. The summed E-state index contributed by atoms with van der Waals surface area (Å²) in [4.78, 5) is 17.3. The third-order valence-corrected chi connectivity index (χ3v) is 7.78. The van der Waals surface area contributed by atoms with Crippen molar-refractivity contribution in [1.82, 2.24) is 9.88 Å². The van der Waals surface area contributed by atoms with Gasteiger partial charge in [0, 0.05) is 36.6 Å². The van der Waals surface area contributed by atoms with Crippen LogP contribution >= 0.6 is 0 Å². The van der Waals surface area contributed by atoms with Gasteiger partial charge in [-0.2, -0.15) is 4.91 Å². The Balaban J connectivity index is 1.50. The number of furan rings is 1. The van der Waals surface area contributed by atoms with Crippen molar-refractivity contribution in [3.8, 4) is 22.5 Å². The molecule has 1 saturated heterocycles. The lowest BCUT2D eigenvalue weighted by atomic mass is 9.98. The third kappa shape index (κ3) is 4.05. The Morgan fingerprint density at radius 3 is 2.58 bits per heavy atom. The second-order valence-corrected chi connectivity index (χ2v) is 10.5. The number of benzene rings is 1. The normalized spacial score (nSPS) is 20.5. The van der Waals surface area contributed by atoms with E-state index in [4.69, 9.17) is 4.42 Å². The van der Waals surface area contributed by atoms with Crippen molar-refractivity contribution in [2.75, 3.05) is 24.6 Å². The molecule has 0 spiro atoms. The summed E-state index contributed by atoms with van der Waals surface area (Å²) in [5, 5.41) is 3.25. The van der Waals surface area contributed by atoms with Gasteiger partial charge >= 0.3 is 0 Å². The molecular weight excluding hydrogens is 414 g/mol. The highest BCUT2D eigenvalue weighted by molar-refractivity contribution is 7.91. The summed E-state index contributed by atoms with van der Waals surface area (Å²) in [6, 6.07) is 11.8. The maximum absolute atomic E-state index is 11.7. The van der Waals surface area contributed by atoms with E-state index < -0.39 is 9.84 Å². The number of nitroso groups, excluding NO2 is 1. The Hall–Kier alpha value is -2.84. The molecule has 8 heteroatoms. The molecule has 0 N–H and O–H groups in total. The van der Waals surface area contributed by atoms with Crippen LogP contribution in [0, 0.1) is 4.91 Å². The van der Waals surface area contributed by atoms with Gasteiger partial charge in [-0.3, -0.25) is 9.88 Å². The molecule has 2 aromatic heterocycles. The highest BCUT2D eigenvalue weighted by atomic mass is 32.2. The molecule has 0 radical (unpaired) electrons. The SMILES string of the molecule is O=NC1CCc2cc(-c3cc(CN4CCS(=O)(=O)CC4)oc3-c3ccncc3)ccc21. The summed E-state index contributed by atoms with van der Waals surface area (Å²) in [6.07, 6.45) is 5.07. The Kier molecular flexibility index (Phi) is 5.19. The number of pyridine rings is 1. The molecule has 2 aliphatic rings. The maximum Gasteiger partial charge on any atom is 0.152 e. The predicted octanol–water partition coefficient (Wildman–Crippen LogP) is 3.99. The lowest BCUT2D eigenvalue weighted by Gasteiger charge is -2.25. The molecule has 0 saturated carbocycles. The van der Waals surface area contributed by atoms with Crippen LogP contribution in [0.1, 0.15) is 29.3 Å². The molecule has 1 aliphatic carbocycles. The fourth-order valence-electron chi connectivity index (χ4n) is 4.45. The Labute approximate surface area is 181 Å². The zero-order chi connectivity index (χ0) is 21.4. The van der Waals surface area contributed by atoms with Crippen LogP contribution in [-0.2, 0) is 22.8 Å². The van der Waals surface area contributed by atoms with Crippen LogP contribution in [0.2, 0.25) is 0 Å². The average Bonchev–Trinajstić information content (AvgIpc) is 3.39. The van der Waals surface area contributed by atoms with Gasteiger partial charge in [0.2, 0.25) is 0 Å². The van der Waals surface area contributed by atoms with Gasteiger partial charge in [0.25, 0.3) is 0 Å². The maximum atomic E-state index is 11.7. The molecule has 3 aromatic rings. The van der Waals surface area contributed by atoms with Crippen LogP contribution in [-0.4, -0.2) is 42.9 Å². The van der Waals surface area contributed by atoms with E-state index in [2.05, 4.69) is 21.1 Å². The van der Waals surface area contributed by atoms with Gasteiger partial charge < -0.3 is 4.42 Å². The smallest absolute Gasteiger partial charge is 0.152 e. The molecule has 1 atom stereocenters. The Morgan fingerprint density at radius 2 is 1.84 bits per heavy atom. The molecule has 0 amide bonds. The molecular formula is C23H23N3O4S.